The zero-order chi connectivity index (χ0) is 22.5. The zero-order valence-corrected chi connectivity index (χ0v) is 19.7. The minimum Gasteiger partial charge on any atom is -0.399 e. The Morgan fingerprint density at radius 2 is 1.16 bits per heavy atom. The molecule has 4 aromatic rings. The molecule has 0 spiro atoms. The Bertz CT molecular complexity index is 1400. The number of hydrogen-bond donors (Lipinski definition) is 0. The fraction of sp³-hybridized carbons (Fsp3) is 0.310. The molecule has 1 fully saturated rings. The maximum absolute atomic E-state index is 6.51. The maximum Gasteiger partial charge on any atom is 0.495 e. The van der Waals surface area contributed by atoms with Crippen LogP contribution in [-0.2, 0) is 14.7 Å². The summed E-state index contributed by atoms with van der Waals surface area (Å²) in [5.41, 5.74) is 5.73. The molecular formula is C29H29BO2. The van der Waals surface area contributed by atoms with Crippen LogP contribution in [0.4, 0.5) is 0 Å². The molecule has 0 aromatic heterocycles. The van der Waals surface area contributed by atoms with E-state index in [0.717, 1.165) is 5.46 Å². The van der Waals surface area contributed by atoms with Crippen LogP contribution in [-0.4, -0.2) is 18.3 Å². The van der Waals surface area contributed by atoms with Gasteiger partial charge in [0.1, 0.15) is 0 Å². The van der Waals surface area contributed by atoms with Crippen molar-refractivity contribution >= 4 is 34.1 Å². The minimum absolute atomic E-state index is 0.0976. The van der Waals surface area contributed by atoms with Gasteiger partial charge in [-0.3, -0.25) is 0 Å². The summed E-state index contributed by atoms with van der Waals surface area (Å²) in [6.45, 7) is 13.2. The molecule has 4 aromatic carbocycles. The fourth-order valence-corrected chi connectivity index (χ4v) is 5.75. The van der Waals surface area contributed by atoms with Gasteiger partial charge in [0.25, 0.3) is 0 Å². The Balaban J connectivity index is 1.67. The van der Waals surface area contributed by atoms with E-state index in [0.29, 0.717) is 0 Å². The molecule has 0 bridgehead atoms. The van der Waals surface area contributed by atoms with Crippen molar-refractivity contribution in [3.05, 3.63) is 77.9 Å². The fourth-order valence-electron chi connectivity index (χ4n) is 5.75. The van der Waals surface area contributed by atoms with E-state index in [-0.39, 0.29) is 23.7 Å². The smallest absolute Gasteiger partial charge is 0.399 e. The zero-order valence-electron chi connectivity index (χ0n) is 19.7. The lowest BCUT2D eigenvalue weighted by molar-refractivity contribution is 0.00578. The highest BCUT2D eigenvalue weighted by atomic mass is 16.7. The van der Waals surface area contributed by atoms with Crippen molar-refractivity contribution < 1.29 is 9.31 Å². The number of fused-ring (bicyclic) bond motifs is 7. The lowest BCUT2D eigenvalue weighted by Crippen LogP contribution is -2.41. The lowest BCUT2D eigenvalue weighted by atomic mass is 9.72. The summed E-state index contributed by atoms with van der Waals surface area (Å²) in [6.07, 6.45) is 0. The molecule has 160 valence electrons. The van der Waals surface area contributed by atoms with Gasteiger partial charge < -0.3 is 9.31 Å². The second-order valence-corrected chi connectivity index (χ2v) is 10.9. The van der Waals surface area contributed by atoms with E-state index in [2.05, 4.69) is 108 Å². The molecule has 6 rings (SSSR count). The normalized spacial score (nSPS) is 20.0. The summed E-state index contributed by atoms with van der Waals surface area (Å²) in [5.74, 6) is 0. The van der Waals surface area contributed by atoms with Crippen molar-refractivity contribution in [1.29, 1.82) is 0 Å². The Morgan fingerprint density at radius 3 is 1.84 bits per heavy atom. The molecule has 1 heterocycles. The summed E-state index contributed by atoms with van der Waals surface area (Å²) in [5, 5.41) is 5.14. The SMILES string of the molecule is CC1(C)c2c(ccc3ccccc23)-c2cc(B3OC(C)(C)C(C)(C)O3)c3ccccc3c21. The van der Waals surface area contributed by atoms with Crippen molar-refractivity contribution in [2.45, 2.75) is 58.2 Å². The molecule has 1 saturated heterocycles. The van der Waals surface area contributed by atoms with Crippen LogP contribution in [0.15, 0.2) is 66.7 Å². The van der Waals surface area contributed by atoms with Crippen LogP contribution in [0, 0.1) is 0 Å². The summed E-state index contributed by atoms with van der Waals surface area (Å²) in [7, 11) is -0.386. The average Bonchev–Trinajstić information content (AvgIpc) is 3.12. The molecule has 1 aliphatic carbocycles. The van der Waals surface area contributed by atoms with Gasteiger partial charge >= 0.3 is 7.12 Å². The third-order valence-electron chi connectivity index (χ3n) is 8.05. The summed E-state index contributed by atoms with van der Waals surface area (Å²) < 4.78 is 13.0. The van der Waals surface area contributed by atoms with E-state index in [1.807, 2.05) is 0 Å². The molecule has 0 atom stereocenters. The highest BCUT2D eigenvalue weighted by molar-refractivity contribution is 6.65. The molecule has 2 aliphatic rings. The predicted molar refractivity (Wildman–Crippen MR) is 135 cm³/mol. The summed E-state index contributed by atoms with van der Waals surface area (Å²) in [4.78, 5) is 0. The molecule has 0 saturated carbocycles. The average molecular weight is 420 g/mol. The van der Waals surface area contributed by atoms with Crippen LogP contribution in [0.3, 0.4) is 0 Å². The maximum atomic E-state index is 6.51. The molecule has 1 aliphatic heterocycles. The molecule has 0 amide bonds. The van der Waals surface area contributed by atoms with Crippen molar-refractivity contribution in [1.82, 2.24) is 0 Å². The van der Waals surface area contributed by atoms with E-state index >= 15 is 0 Å². The molecule has 32 heavy (non-hydrogen) atoms. The predicted octanol–water partition coefficient (Wildman–Crippen LogP) is 6.60. The number of hydrogen-bond acceptors (Lipinski definition) is 2. The quantitative estimate of drug-likeness (QED) is 0.323. The van der Waals surface area contributed by atoms with Crippen molar-refractivity contribution in [2.24, 2.45) is 0 Å². The highest BCUT2D eigenvalue weighted by Crippen LogP contribution is 2.53. The second kappa shape index (κ2) is 6.24. The Morgan fingerprint density at radius 1 is 0.594 bits per heavy atom. The van der Waals surface area contributed by atoms with Crippen LogP contribution in [0.2, 0.25) is 0 Å². The standard InChI is InChI=1S/C29H29BO2/c1-27(2)25-19-12-8-7-11-18(19)15-16-22(25)23-17-24(20-13-9-10-14-21(20)26(23)27)30-31-28(3,4)29(5,6)32-30/h7-17H,1-6H3. The third-order valence-corrected chi connectivity index (χ3v) is 8.05. The van der Waals surface area contributed by atoms with Gasteiger partial charge in [-0.25, -0.2) is 0 Å². The second-order valence-electron chi connectivity index (χ2n) is 10.9. The van der Waals surface area contributed by atoms with E-state index in [4.69, 9.17) is 9.31 Å². The van der Waals surface area contributed by atoms with Crippen molar-refractivity contribution in [3.8, 4) is 11.1 Å². The van der Waals surface area contributed by atoms with Crippen LogP contribution < -0.4 is 5.46 Å². The molecular weight excluding hydrogens is 391 g/mol. The van der Waals surface area contributed by atoms with Crippen LogP contribution in [0.25, 0.3) is 32.7 Å². The van der Waals surface area contributed by atoms with Crippen LogP contribution >= 0.6 is 0 Å². The molecule has 2 nitrogen and oxygen atoms in total. The molecule has 3 heteroatoms. The van der Waals surface area contributed by atoms with E-state index in [1.54, 1.807) is 0 Å². The van der Waals surface area contributed by atoms with E-state index in [9.17, 15) is 0 Å². The van der Waals surface area contributed by atoms with Crippen LogP contribution in [0.5, 0.6) is 0 Å². The van der Waals surface area contributed by atoms with Gasteiger partial charge in [0, 0.05) is 5.41 Å². The monoisotopic (exact) mass is 420 g/mol. The van der Waals surface area contributed by atoms with E-state index < -0.39 is 0 Å². The molecule has 0 unspecified atom stereocenters. The molecule has 0 radical (unpaired) electrons. The topological polar surface area (TPSA) is 18.5 Å². The van der Waals surface area contributed by atoms with Gasteiger partial charge in [-0.15, -0.1) is 0 Å². The first-order valence-electron chi connectivity index (χ1n) is 11.6. The summed E-state index contributed by atoms with van der Waals surface area (Å²) in [6, 6.07) is 24.4. The van der Waals surface area contributed by atoms with Gasteiger partial charge in [-0.05, 0) is 77.0 Å². The number of benzene rings is 4. The minimum atomic E-state index is -0.386. The first kappa shape index (κ1) is 20.0. The van der Waals surface area contributed by atoms with Crippen molar-refractivity contribution in [2.75, 3.05) is 0 Å². The van der Waals surface area contributed by atoms with Crippen LogP contribution in [0.1, 0.15) is 52.7 Å². The van der Waals surface area contributed by atoms with Gasteiger partial charge in [-0.2, -0.15) is 0 Å². The largest absolute Gasteiger partial charge is 0.495 e. The van der Waals surface area contributed by atoms with E-state index in [1.165, 1.54) is 43.8 Å². The van der Waals surface area contributed by atoms with Gasteiger partial charge in [0.05, 0.1) is 11.2 Å². The van der Waals surface area contributed by atoms with Gasteiger partial charge in [-0.1, -0.05) is 80.6 Å². The first-order valence-corrected chi connectivity index (χ1v) is 11.6. The first-order chi connectivity index (χ1) is 15.1. The van der Waals surface area contributed by atoms with Crippen molar-refractivity contribution in [3.63, 3.8) is 0 Å². The molecule has 0 N–H and O–H groups in total. The number of rotatable bonds is 1. The third kappa shape index (κ3) is 2.50. The van der Waals surface area contributed by atoms with Gasteiger partial charge in [0.2, 0.25) is 0 Å². The highest BCUT2D eigenvalue weighted by Gasteiger charge is 2.52. The lowest BCUT2D eigenvalue weighted by Gasteiger charge is -2.32. The van der Waals surface area contributed by atoms with Gasteiger partial charge in [0.15, 0.2) is 0 Å². The Kier molecular flexibility index (Phi) is 3.91. The Hall–Kier alpha value is -2.62. The summed E-state index contributed by atoms with van der Waals surface area (Å²) >= 11 is 0. The Labute approximate surface area is 190 Å².